The third kappa shape index (κ3) is 2.56. The van der Waals surface area contributed by atoms with Crippen LogP contribution in [-0.4, -0.2) is 14.7 Å². The van der Waals surface area contributed by atoms with Crippen LogP contribution in [0.15, 0.2) is 30.5 Å². The molecule has 0 aliphatic heterocycles. The van der Waals surface area contributed by atoms with Gasteiger partial charge in [0.05, 0.1) is 11.4 Å². The van der Waals surface area contributed by atoms with E-state index in [0.29, 0.717) is 10.8 Å². The molecule has 1 aromatic carbocycles. The number of hydrogen-bond acceptors (Lipinski definition) is 2. The zero-order valence-corrected chi connectivity index (χ0v) is 11.1. The molecule has 0 saturated heterocycles. The van der Waals surface area contributed by atoms with Crippen molar-refractivity contribution < 1.29 is 4.39 Å². The highest BCUT2D eigenvalue weighted by atomic mass is 32.1. The Bertz CT molecular complexity index is 577. The molecule has 0 saturated carbocycles. The van der Waals surface area contributed by atoms with Crippen LogP contribution in [0.4, 0.5) is 10.1 Å². The van der Waals surface area contributed by atoms with Gasteiger partial charge in [0, 0.05) is 12.6 Å². The third-order valence-electron chi connectivity index (χ3n) is 2.55. The standard InChI is InChI=1S/C13H14FN3S/c1-3-12-15-9(2)8-17(12)13(18)16-11-7-5-4-6-10(11)14/h4-8H,3H2,1-2H3,(H,16,18). The Morgan fingerprint density at radius 3 is 2.83 bits per heavy atom. The van der Waals surface area contributed by atoms with Crippen LogP contribution in [0.3, 0.4) is 0 Å². The van der Waals surface area contributed by atoms with E-state index in [9.17, 15) is 4.39 Å². The van der Waals surface area contributed by atoms with Crippen LogP contribution in [0, 0.1) is 12.7 Å². The van der Waals surface area contributed by atoms with Gasteiger partial charge >= 0.3 is 0 Å². The summed E-state index contributed by atoms with van der Waals surface area (Å²) in [6, 6.07) is 6.44. The number of halogens is 1. The zero-order chi connectivity index (χ0) is 13.1. The SMILES string of the molecule is CCc1nc(C)cn1C(=S)Nc1ccccc1F. The van der Waals surface area contributed by atoms with Gasteiger partial charge in [0.1, 0.15) is 11.6 Å². The summed E-state index contributed by atoms with van der Waals surface area (Å²) in [7, 11) is 0. The van der Waals surface area contributed by atoms with Crippen LogP contribution in [0.1, 0.15) is 18.4 Å². The minimum atomic E-state index is -0.324. The molecule has 5 heteroatoms. The molecule has 2 aromatic rings. The van der Waals surface area contributed by atoms with Gasteiger partial charge in [-0.1, -0.05) is 19.1 Å². The molecule has 0 aliphatic rings. The molecule has 1 heterocycles. The van der Waals surface area contributed by atoms with E-state index in [2.05, 4.69) is 10.3 Å². The first-order chi connectivity index (χ1) is 8.61. The molecule has 18 heavy (non-hydrogen) atoms. The topological polar surface area (TPSA) is 29.9 Å². The van der Waals surface area contributed by atoms with E-state index in [0.717, 1.165) is 17.9 Å². The fourth-order valence-electron chi connectivity index (χ4n) is 1.71. The smallest absolute Gasteiger partial charge is 0.183 e. The van der Waals surface area contributed by atoms with Crippen molar-refractivity contribution in [2.45, 2.75) is 20.3 Å². The highest BCUT2D eigenvalue weighted by molar-refractivity contribution is 7.80. The Hall–Kier alpha value is -1.75. The van der Waals surface area contributed by atoms with E-state index >= 15 is 0 Å². The predicted molar refractivity (Wildman–Crippen MR) is 74.4 cm³/mol. The average molecular weight is 263 g/mol. The second kappa shape index (κ2) is 5.27. The first kappa shape index (κ1) is 12.7. The van der Waals surface area contributed by atoms with Crippen LogP contribution >= 0.6 is 12.2 Å². The Morgan fingerprint density at radius 1 is 1.44 bits per heavy atom. The van der Waals surface area contributed by atoms with Crippen LogP contribution in [0.5, 0.6) is 0 Å². The lowest BCUT2D eigenvalue weighted by Gasteiger charge is -2.11. The zero-order valence-electron chi connectivity index (χ0n) is 10.3. The molecule has 2 rings (SSSR count). The molecular weight excluding hydrogens is 249 g/mol. The number of para-hydroxylation sites is 1. The normalized spacial score (nSPS) is 10.4. The number of hydrogen-bond donors (Lipinski definition) is 1. The van der Waals surface area contributed by atoms with Crippen molar-refractivity contribution in [2.24, 2.45) is 0 Å². The summed E-state index contributed by atoms with van der Waals surface area (Å²) >= 11 is 5.27. The van der Waals surface area contributed by atoms with Crippen LogP contribution < -0.4 is 5.32 Å². The molecule has 0 unspecified atom stereocenters. The summed E-state index contributed by atoms with van der Waals surface area (Å²) in [5.74, 6) is 0.538. The number of anilines is 1. The molecular formula is C13H14FN3S. The molecule has 0 spiro atoms. The van der Waals surface area contributed by atoms with E-state index in [1.165, 1.54) is 6.07 Å². The van der Waals surface area contributed by atoms with Gasteiger partial charge in [-0.15, -0.1) is 0 Å². The van der Waals surface area contributed by atoms with Crippen molar-refractivity contribution in [3.05, 3.63) is 47.8 Å². The minimum absolute atomic E-state index is 0.324. The van der Waals surface area contributed by atoms with E-state index in [-0.39, 0.29) is 5.82 Å². The van der Waals surface area contributed by atoms with Gasteiger partial charge in [-0.25, -0.2) is 9.37 Å². The number of imidazole rings is 1. The average Bonchev–Trinajstić information content (AvgIpc) is 2.73. The summed E-state index contributed by atoms with van der Waals surface area (Å²) in [5.41, 5.74) is 1.26. The molecule has 0 aliphatic carbocycles. The van der Waals surface area contributed by atoms with E-state index < -0.39 is 0 Å². The molecule has 0 radical (unpaired) electrons. The van der Waals surface area contributed by atoms with E-state index in [4.69, 9.17) is 12.2 Å². The predicted octanol–water partition coefficient (Wildman–Crippen LogP) is 3.14. The molecule has 94 valence electrons. The van der Waals surface area contributed by atoms with Gasteiger partial charge in [0.25, 0.3) is 0 Å². The van der Waals surface area contributed by atoms with Crippen LogP contribution in [-0.2, 0) is 6.42 Å². The van der Waals surface area contributed by atoms with Crippen molar-refractivity contribution in [3.63, 3.8) is 0 Å². The largest absolute Gasteiger partial charge is 0.330 e. The summed E-state index contributed by atoms with van der Waals surface area (Å²) in [6.45, 7) is 3.91. The second-order valence-corrected chi connectivity index (χ2v) is 4.32. The molecule has 1 N–H and O–H groups in total. The third-order valence-corrected chi connectivity index (χ3v) is 2.85. The fourth-order valence-corrected chi connectivity index (χ4v) is 1.98. The van der Waals surface area contributed by atoms with Gasteiger partial charge in [-0.3, -0.25) is 4.57 Å². The minimum Gasteiger partial charge on any atom is -0.330 e. The van der Waals surface area contributed by atoms with Gasteiger partial charge in [-0.2, -0.15) is 0 Å². The van der Waals surface area contributed by atoms with Gasteiger partial charge < -0.3 is 5.32 Å². The number of nitrogens with one attached hydrogen (secondary N) is 1. The maximum Gasteiger partial charge on any atom is 0.183 e. The molecule has 0 amide bonds. The summed E-state index contributed by atoms with van der Waals surface area (Å²) < 4.78 is 15.3. The maximum absolute atomic E-state index is 13.5. The van der Waals surface area contributed by atoms with Gasteiger partial charge in [0.15, 0.2) is 5.11 Å². The molecule has 0 atom stereocenters. The van der Waals surface area contributed by atoms with Crippen LogP contribution in [0.25, 0.3) is 0 Å². The quantitative estimate of drug-likeness (QED) is 0.844. The van der Waals surface area contributed by atoms with E-state index in [1.807, 2.05) is 20.0 Å². The molecule has 3 nitrogen and oxygen atoms in total. The Morgan fingerprint density at radius 2 is 2.17 bits per heavy atom. The lowest BCUT2D eigenvalue weighted by Crippen LogP contribution is -2.21. The fraction of sp³-hybridized carbons (Fsp3) is 0.231. The van der Waals surface area contributed by atoms with Crippen molar-refractivity contribution in [1.82, 2.24) is 9.55 Å². The highest BCUT2D eigenvalue weighted by Crippen LogP contribution is 2.13. The number of aromatic nitrogens is 2. The number of aryl methyl sites for hydroxylation is 2. The summed E-state index contributed by atoms with van der Waals surface area (Å²) in [4.78, 5) is 4.36. The Balaban J connectivity index is 2.25. The number of rotatable bonds is 2. The first-order valence-corrected chi connectivity index (χ1v) is 6.13. The molecule has 0 bridgehead atoms. The van der Waals surface area contributed by atoms with Crippen molar-refractivity contribution >= 4 is 23.0 Å². The number of thiocarbonyl (C=S) groups is 1. The first-order valence-electron chi connectivity index (χ1n) is 5.72. The summed E-state index contributed by atoms with van der Waals surface area (Å²) in [5, 5.41) is 3.32. The van der Waals surface area contributed by atoms with Crippen LogP contribution in [0.2, 0.25) is 0 Å². The van der Waals surface area contributed by atoms with Crippen molar-refractivity contribution in [3.8, 4) is 0 Å². The van der Waals surface area contributed by atoms with Gasteiger partial charge in [-0.05, 0) is 31.3 Å². The van der Waals surface area contributed by atoms with E-state index in [1.54, 1.807) is 22.8 Å². The summed E-state index contributed by atoms with van der Waals surface area (Å²) in [6.07, 6.45) is 2.61. The Kier molecular flexibility index (Phi) is 3.72. The Labute approximate surface area is 111 Å². The van der Waals surface area contributed by atoms with Crippen molar-refractivity contribution in [2.75, 3.05) is 5.32 Å². The number of benzene rings is 1. The lowest BCUT2D eigenvalue weighted by molar-refractivity contribution is 0.632. The lowest BCUT2D eigenvalue weighted by atomic mass is 10.3. The monoisotopic (exact) mass is 263 g/mol. The molecule has 1 aromatic heterocycles. The number of nitrogens with zero attached hydrogens (tertiary/aromatic N) is 2. The van der Waals surface area contributed by atoms with Crippen molar-refractivity contribution in [1.29, 1.82) is 0 Å². The highest BCUT2D eigenvalue weighted by Gasteiger charge is 2.09. The van der Waals surface area contributed by atoms with Gasteiger partial charge in [0.2, 0.25) is 0 Å². The molecule has 0 fully saturated rings. The second-order valence-electron chi connectivity index (χ2n) is 3.93. The maximum atomic E-state index is 13.5.